The van der Waals surface area contributed by atoms with E-state index in [0.29, 0.717) is 31.8 Å². The van der Waals surface area contributed by atoms with Gasteiger partial charge in [-0.05, 0) is 31.8 Å². The Labute approximate surface area is 93.8 Å². The van der Waals surface area contributed by atoms with Crippen molar-refractivity contribution in [3.8, 4) is 0 Å². The van der Waals surface area contributed by atoms with Crippen LogP contribution in [0.5, 0.6) is 0 Å². The number of nitrogens with zero attached hydrogens (tertiary/aromatic N) is 1. The van der Waals surface area contributed by atoms with Crippen LogP contribution in [0.15, 0.2) is 0 Å². The molecule has 1 heterocycles. The van der Waals surface area contributed by atoms with Crippen LogP contribution >= 0.6 is 15.2 Å². The molecule has 4 N–H and O–H groups in total. The summed E-state index contributed by atoms with van der Waals surface area (Å²) in [6.07, 6.45) is 1.38. The van der Waals surface area contributed by atoms with E-state index in [4.69, 9.17) is 19.6 Å². The first-order chi connectivity index (χ1) is 7.12. The van der Waals surface area contributed by atoms with Crippen molar-refractivity contribution in [2.75, 3.05) is 13.1 Å². The zero-order valence-corrected chi connectivity index (χ0v) is 10.7. The van der Waals surface area contributed by atoms with Crippen LogP contribution in [0.2, 0.25) is 0 Å². The van der Waals surface area contributed by atoms with E-state index >= 15 is 0 Å². The van der Waals surface area contributed by atoms with Crippen molar-refractivity contribution < 1.29 is 28.7 Å². The maximum atomic E-state index is 11.1. The van der Waals surface area contributed by atoms with Crippen molar-refractivity contribution in [3.63, 3.8) is 0 Å². The van der Waals surface area contributed by atoms with E-state index in [9.17, 15) is 9.13 Å². The summed E-state index contributed by atoms with van der Waals surface area (Å²) in [5.41, 5.74) is -1.98. The molecule has 1 saturated heterocycles. The standard InChI is InChI=1S/C7H17NO6P2/c1-6-2-4-8(5-3-6)7(15(9,10)11)16(12,13)14/h6-7H,2-5H2,1H3,(H2,9,10,11)(H2,12,13,14). The maximum absolute atomic E-state index is 11.1. The summed E-state index contributed by atoms with van der Waals surface area (Å²) in [4.78, 5) is 37.2. The van der Waals surface area contributed by atoms with Crippen LogP contribution < -0.4 is 0 Å². The predicted molar refractivity (Wildman–Crippen MR) is 57.8 cm³/mol. The van der Waals surface area contributed by atoms with Crippen molar-refractivity contribution in [3.05, 3.63) is 0 Å². The molecule has 0 aromatic heterocycles. The van der Waals surface area contributed by atoms with Gasteiger partial charge in [0, 0.05) is 0 Å². The molecule has 96 valence electrons. The summed E-state index contributed by atoms with van der Waals surface area (Å²) in [6, 6.07) is 0. The summed E-state index contributed by atoms with van der Waals surface area (Å²) in [7, 11) is -9.65. The van der Waals surface area contributed by atoms with E-state index in [0.717, 1.165) is 0 Å². The molecule has 0 aliphatic carbocycles. The third kappa shape index (κ3) is 3.64. The van der Waals surface area contributed by atoms with Crippen LogP contribution in [-0.2, 0) is 9.13 Å². The second kappa shape index (κ2) is 4.86. The van der Waals surface area contributed by atoms with Gasteiger partial charge in [0.15, 0.2) is 0 Å². The highest BCUT2D eigenvalue weighted by atomic mass is 31.2. The first kappa shape index (κ1) is 14.3. The molecule has 1 aliphatic rings. The number of piperidine rings is 1. The molecule has 16 heavy (non-hydrogen) atoms. The van der Waals surface area contributed by atoms with Gasteiger partial charge in [0.25, 0.3) is 0 Å². The first-order valence-electron chi connectivity index (χ1n) is 4.97. The van der Waals surface area contributed by atoms with Crippen LogP contribution in [0.3, 0.4) is 0 Å². The number of rotatable bonds is 3. The topological polar surface area (TPSA) is 118 Å². The molecule has 1 aliphatic heterocycles. The van der Waals surface area contributed by atoms with Crippen molar-refractivity contribution in [1.29, 1.82) is 0 Å². The van der Waals surface area contributed by atoms with Crippen molar-refractivity contribution in [2.24, 2.45) is 5.92 Å². The Balaban J connectivity index is 2.87. The van der Waals surface area contributed by atoms with Gasteiger partial charge in [-0.15, -0.1) is 0 Å². The lowest BCUT2D eigenvalue weighted by Crippen LogP contribution is -2.40. The zero-order valence-electron chi connectivity index (χ0n) is 8.93. The quantitative estimate of drug-likeness (QED) is 0.548. The van der Waals surface area contributed by atoms with Crippen molar-refractivity contribution in [1.82, 2.24) is 4.90 Å². The molecule has 1 rings (SSSR count). The molecule has 0 saturated carbocycles. The lowest BCUT2D eigenvalue weighted by molar-refractivity contribution is 0.171. The van der Waals surface area contributed by atoms with Gasteiger partial charge in [-0.25, -0.2) is 0 Å². The second-order valence-electron chi connectivity index (χ2n) is 4.24. The minimum Gasteiger partial charge on any atom is -0.323 e. The molecule has 0 aromatic rings. The first-order valence-corrected chi connectivity index (χ1v) is 8.33. The monoisotopic (exact) mass is 273 g/mol. The smallest absolute Gasteiger partial charge is 0.323 e. The van der Waals surface area contributed by atoms with Gasteiger partial charge in [0.2, 0.25) is 5.52 Å². The molecule has 0 amide bonds. The van der Waals surface area contributed by atoms with Crippen molar-refractivity contribution in [2.45, 2.75) is 25.3 Å². The summed E-state index contributed by atoms with van der Waals surface area (Å²) in [6.45, 7) is 2.62. The van der Waals surface area contributed by atoms with Gasteiger partial charge < -0.3 is 19.6 Å². The van der Waals surface area contributed by atoms with Gasteiger partial charge in [-0.3, -0.25) is 14.0 Å². The molecule has 0 bridgehead atoms. The van der Waals surface area contributed by atoms with Crippen LogP contribution in [-0.4, -0.2) is 43.1 Å². The van der Waals surface area contributed by atoms with E-state index in [-0.39, 0.29) is 0 Å². The summed E-state index contributed by atoms with van der Waals surface area (Å²) >= 11 is 0. The van der Waals surface area contributed by atoms with E-state index in [2.05, 4.69) is 0 Å². The summed E-state index contributed by atoms with van der Waals surface area (Å²) in [5.74, 6) is 0.422. The Morgan fingerprint density at radius 3 is 1.75 bits per heavy atom. The average molecular weight is 273 g/mol. The minimum absolute atomic E-state index is 0.308. The molecular formula is C7H17NO6P2. The molecule has 0 unspecified atom stereocenters. The number of likely N-dealkylation sites (tertiary alicyclic amines) is 1. The van der Waals surface area contributed by atoms with E-state index in [1.54, 1.807) is 0 Å². The maximum Gasteiger partial charge on any atom is 0.354 e. The Hall–Kier alpha value is 0.260. The van der Waals surface area contributed by atoms with E-state index in [1.807, 2.05) is 6.92 Å². The van der Waals surface area contributed by atoms with Gasteiger partial charge in [0.1, 0.15) is 0 Å². The fourth-order valence-corrected chi connectivity index (χ4v) is 4.76. The Bertz CT molecular complexity index is 306. The van der Waals surface area contributed by atoms with E-state index in [1.165, 1.54) is 4.90 Å². The normalized spacial score (nSPS) is 21.6. The van der Waals surface area contributed by atoms with Crippen LogP contribution in [0.1, 0.15) is 19.8 Å². The number of hydrogen-bond acceptors (Lipinski definition) is 3. The fourth-order valence-electron chi connectivity index (χ4n) is 1.88. The van der Waals surface area contributed by atoms with Crippen LogP contribution in [0.4, 0.5) is 0 Å². The number of hydrogen-bond donors (Lipinski definition) is 4. The summed E-state index contributed by atoms with van der Waals surface area (Å²) < 4.78 is 22.2. The third-order valence-corrected chi connectivity index (χ3v) is 6.41. The molecule has 0 atom stereocenters. The zero-order chi connectivity index (χ0) is 12.6. The van der Waals surface area contributed by atoms with Gasteiger partial charge in [-0.2, -0.15) is 0 Å². The average Bonchev–Trinajstić information content (AvgIpc) is 2.03. The SMILES string of the molecule is CC1CCN(C(P(=O)(O)O)P(=O)(O)O)CC1. The Morgan fingerprint density at radius 2 is 1.44 bits per heavy atom. The van der Waals surface area contributed by atoms with Gasteiger partial charge in [0.05, 0.1) is 0 Å². The molecule has 9 heteroatoms. The lowest BCUT2D eigenvalue weighted by atomic mass is 10.00. The highest BCUT2D eigenvalue weighted by molar-refractivity contribution is 7.70. The van der Waals surface area contributed by atoms with Crippen LogP contribution in [0.25, 0.3) is 0 Å². The molecule has 0 aromatic carbocycles. The largest absolute Gasteiger partial charge is 0.354 e. The molecule has 0 radical (unpaired) electrons. The molecule has 0 spiro atoms. The molecular weight excluding hydrogens is 256 g/mol. The Morgan fingerprint density at radius 1 is 1.06 bits per heavy atom. The summed E-state index contributed by atoms with van der Waals surface area (Å²) in [5, 5.41) is 0. The lowest BCUT2D eigenvalue weighted by Gasteiger charge is -2.36. The van der Waals surface area contributed by atoms with Crippen molar-refractivity contribution >= 4 is 15.2 Å². The second-order valence-corrected chi connectivity index (χ2v) is 7.99. The van der Waals surface area contributed by atoms with Crippen LogP contribution in [0, 0.1) is 5.92 Å². The van der Waals surface area contributed by atoms with Gasteiger partial charge in [-0.1, -0.05) is 6.92 Å². The molecule has 7 nitrogen and oxygen atoms in total. The fraction of sp³-hybridized carbons (Fsp3) is 1.00. The van der Waals surface area contributed by atoms with E-state index < -0.39 is 20.7 Å². The predicted octanol–water partition coefficient (Wildman–Crippen LogP) is 0.357. The third-order valence-electron chi connectivity index (χ3n) is 2.75. The van der Waals surface area contributed by atoms with Gasteiger partial charge >= 0.3 is 15.2 Å². The molecule has 1 fully saturated rings. The highest BCUT2D eigenvalue weighted by Crippen LogP contribution is 2.61. The highest BCUT2D eigenvalue weighted by Gasteiger charge is 2.48. The Kier molecular flexibility index (Phi) is 4.35. The minimum atomic E-state index is -4.82.